The second-order valence-corrected chi connectivity index (χ2v) is 4.42. The van der Waals surface area contributed by atoms with Crippen molar-refractivity contribution in [2.75, 3.05) is 7.05 Å². The Morgan fingerprint density at radius 3 is 2.74 bits per heavy atom. The molecule has 0 fully saturated rings. The van der Waals surface area contributed by atoms with Crippen molar-refractivity contribution < 1.29 is 9.18 Å². The van der Waals surface area contributed by atoms with Crippen LogP contribution in [0.25, 0.3) is 0 Å². The molecule has 0 atom stereocenters. The van der Waals surface area contributed by atoms with Crippen molar-refractivity contribution in [3.05, 3.63) is 65.2 Å². The van der Waals surface area contributed by atoms with Gasteiger partial charge in [0.2, 0.25) is 0 Å². The van der Waals surface area contributed by atoms with Crippen LogP contribution in [0.4, 0.5) is 4.39 Å². The summed E-state index contributed by atoms with van der Waals surface area (Å²) in [6, 6.07) is 10.3. The van der Waals surface area contributed by atoms with Gasteiger partial charge in [0.1, 0.15) is 5.82 Å². The first-order valence-electron chi connectivity index (χ1n) is 6.00. The van der Waals surface area contributed by atoms with Gasteiger partial charge in [-0.05, 0) is 30.7 Å². The Morgan fingerprint density at radius 2 is 2.05 bits per heavy atom. The molecule has 1 amide bonds. The molecule has 0 N–H and O–H groups in total. The molecule has 19 heavy (non-hydrogen) atoms. The third-order valence-corrected chi connectivity index (χ3v) is 2.89. The zero-order valence-corrected chi connectivity index (χ0v) is 10.9. The van der Waals surface area contributed by atoms with E-state index in [9.17, 15) is 9.18 Å². The normalized spacial score (nSPS) is 10.3. The molecule has 1 heterocycles. The molecule has 0 radical (unpaired) electrons. The fraction of sp³-hybridized carbons (Fsp3) is 0.200. The van der Waals surface area contributed by atoms with E-state index in [1.807, 2.05) is 18.2 Å². The lowest BCUT2D eigenvalue weighted by Crippen LogP contribution is -2.27. The molecule has 0 aliphatic rings. The van der Waals surface area contributed by atoms with E-state index in [1.165, 1.54) is 11.0 Å². The molecule has 1 aromatic heterocycles. The summed E-state index contributed by atoms with van der Waals surface area (Å²) in [4.78, 5) is 17.8. The molecular weight excluding hydrogens is 243 g/mol. The van der Waals surface area contributed by atoms with Crippen LogP contribution in [0.2, 0.25) is 0 Å². The lowest BCUT2D eigenvalue weighted by Gasteiger charge is -2.17. The van der Waals surface area contributed by atoms with Gasteiger partial charge in [-0.25, -0.2) is 4.39 Å². The fourth-order valence-electron chi connectivity index (χ4n) is 1.82. The highest BCUT2D eigenvalue weighted by molar-refractivity contribution is 5.94. The third-order valence-electron chi connectivity index (χ3n) is 2.89. The Labute approximate surface area is 111 Å². The summed E-state index contributed by atoms with van der Waals surface area (Å²) in [7, 11) is 1.64. The van der Waals surface area contributed by atoms with E-state index in [-0.39, 0.29) is 11.5 Å². The van der Waals surface area contributed by atoms with Gasteiger partial charge in [-0.2, -0.15) is 0 Å². The topological polar surface area (TPSA) is 33.2 Å². The molecule has 2 rings (SSSR count). The summed E-state index contributed by atoms with van der Waals surface area (Å²) in [5.74, 6) is -0.799. The Balaban J connectivity index is 2.18. The summed E-state index contributed by atoms with van der Waals surface area (Å²) in [6.45, 7) is 2.00. The van der Waals surface area contributed by atoms with E-state index < -0.39 is 5.82 Å². The average molecular weight is 258 g/mol. The number of nitrogens with zero attached hydrogens (tertiary/aromatic N) is 2. The number of aromatic nitrogens is 1. The first-order valence-corrected chi connectivity index (χ1v) is 6.00. The molecule has 0 spiro atoms. The number of carbonyl (C=O) groups is 1. The summed E-state index contributed by atoms with van der Waals surface area (Å²) in [5.41, 5.74) is 1.34. The minimum atomic E-state index is -0.458. The maximum Gasteiger partial charge on any atom is 0.256 e. The lowest BCUT2D eigenvalue weighted by molar-refractivity contribution is 0.0778. The molecule has 0 saturated carbocycles. The Hall–Kier alpha value is -2.23. The van der Waals surface area contributed by atoms with Crippen molar-refractivity contribution in [1.82, 2.24) is 9.88 Å². The minimum Gasteiger partial charge on any atom is -0.336 e. The molecule has 0 aliphatic heterocycles. The molecule has 3 nitrogen and oxygen atoms in total. The van der Waals surface area contributed by atoms with Gasteiger partial charge >= 0.3 is 0 Å². The van der Waals surface area contributed by atoms with Crippen LogP contribution in [0.1, 0.15) is 21.6 Å². The summed E-state index contributed by atoms with van der Waals surface area (Å²) in [5, 5.41) is 0. The third kappa shape index (κ3) is 2.96. The molecule has 2 aromatic rings. The zero-order chi connectivity index (χ0) is 13.8. The van der Waals surface area contributed by atoms with Gasteiger partial charge in [-0.1, -0.05) is 18.2 Å². The van der Waals surface area contributed by atoms with Crippen LogP contribution >= 0.6 is 0 Å². The van der Waals surface area contributed by atoms with Crippen molar-refractivity contribution >= 4 is 5.91 Å². The van der Waals surface area contributed by atoms with Crippen LogP contribution in [0.3, 0.4) is 0 Å². The number of amides is 1. The summed E-state index contributed by atoms with van der Waals surface area (Å²) >= 11 is 0. The van der Waals surface area contributed by atoms with Gasteiger partial charge in [0.05, 0.1) is 17.8 Å². The van der Waals surface area contributed by atoms with Crippen LogP contribution in [0, 0.1) is 12.7 Å². The van der Waals surface area contributed by atoms with Crippen LogP contribution in [0.15, 0.2) is 42.6 Å². The van der Waals surface area contributed by atoms with E-state index in [2.05, 4.69) is 4.98 Å². The standard InChI is InChI=1S/C15H15FN2O/c1-11-6-5-8-13(14(11)16)15(19)18(2)10-12-7-3-4-9-17-12/h3-9H,10H2,1-2H3. The quantitative estimate of drug-likeness (QED) is 0.848. The maximum atomic E-state index is 13.9. The molecule has 0 bridgehead atoms. The highest BCUT2D eigenvalue weighted by Gasteiger charge is 2.17. The zero-order valence-electron chi connectivity index (χ0n) is 10.9. The molecule has 0 unspecified atom stereocenters. The number of hydrogen-bond donors (Lipinski definition) is 0. The molecular formula is C15H15FN2O. The first kappa shape index (κ1) is 13.2. The molecule has 0 saturated heterocycles. The fourth-order valence-corrected chi connectivity index (χ4v) is 1.82. The van der Waals surface area contributed by atoms with Crippen LogP contribution in [-0.4, -0.2) is 22.8 Å². The first-order chi connectivity index (χ1) is 9.09. The molecule has 4 heteroatoms. The Morgan fingerprint density at radius 1 is 1.26 bits per heavy atom. The smallest absolute Gasteiger partial charge is 0.256 e. The Bertz CT molecular complexity index is 584. The second-order valence-electron chi connectivity index (χ2n) is 4.42. The number of halogens is 1. The monoisotopic (exact) mass is 258 g/mol. The van der Waals surface area contributed by atoms with E-state index in [4.69, 9.17) is 0 Å². The van der Waals surface area contributed by atoms with E-state index >= 15 is 0 Å². The maximum absolute atomic E-state index is 13.9. The van der Waals surface area contributed by atoms with Crippen molar-refractivity contribution in [2.24, 2.45) is 0 Å². The average Bonchev–Trinajstić information content (AvgIpc) is 2.42. The minimum absolute atomic E-state index is 0.0958. The van der Waals surface area contributed by atoms with Crippen LogP contribution in [-0.2, 0) is 6.54 Å². The number of benzene rings is 1. The summed E-state index contributed by atoms with van der Waals surface area (Å²) < 4.78 is 13.9. The second kappa shape index (κ2) is 5.61. The van der Waals surface area contributed by atoms with Crippen LogP contribution in [0.5, 0.6) is 0 Å². The molecule has 98 valence electrons. The summed E-state index contributed by atoms with van der Waals surface area (Å²) in [6.07, 6.45) is 1.67. The highest BCUT2D eigenvalue weighted by atomic mass is 19.1. The number of carbonyl (C=O) groups excluding carboxylic acids is 1. The predicted molar refractivity (Wildman–Crippen MR) is 71.2 cm³/mol. The predicted octanol–water partition coefficient (Wildman–Crippen LogP) is 2.80. The van der Waals surface area contributed by atoms with E-state index in [0.29, 0.717) is 12.1 Å². The van der Waals surface area contributed by atoms with E-state index in [0.717, 1.165) is 5.69 Å². The van der Waals surface area contributed by atoms with Gasteiger partial charge < -0.3 is 4.90 Å². The number of hydrogen-bond acceptors (Lipinski definition) is 2. The number of pyridine rings is 1. The van der Waals surface area contributed by atoms with Crippen molar-refractivity contribution in [3.63, 3.8) is 0 Å². The van der Waals surface area contributed by atoms with Gasteiger partial charge in [-0.3, -0.25) is 9.78 Å². The number of aryl methyl sites for hydroxylation is 1. The van der Waals surface area contributed by atoms with Crippen LogP contribution < -0.4 is 0 Å². The highest BCUT2D eigenvalue weighted by Crippen LogP contribution is 2.14. The SMILES string of the molecule is Cc1cccc(C(=O)N(C)Cc2ccccn2)c1F. The molecule has 0 aliphatic carbocycles. The van der Waals surface area contributed by atoms with Gasteiger partial charge in [-0.15, -0.1) is 0 Å². The van der Waals surface area contributed by atoms with Crippen molar-refractivity contribution in [2.45, 2.75) is 13.5 Å². The van der Waals surface area contributed by atoms with Gasteiger partial charge in [0, 0.05) is 13.2 Å². The largest absolute Gasteiger partial charge is 0.336 e. The van der Waals surface area contributed by atoms with Crippen molar-refractivity contribution in [3.8, 4) is 0 Å². The van der Waals surface area contributed by atoms with E-state index in [1.54, 1.807) is 32.3 Å². The lowest BCUT2D eigenvalue weighted by atomic mass is 10.1. The number of rotatable bonds is 3. The molecule has 1 aromatic carbocycles. The van der Waals surface area contributed by atoms with Gasteiger partial charge in [0.25, 0.3) is 5.91 Å². The van der Waals surface area contributed by atoms with Gasteiger partial charge in [0.15, 0.2) is 0 Å². The van der Waals surface area contributed by atoms with Crippen molar-refractivity contribution in [1.29, 1.82) is 0 Å². The Kier molecular flexibility index (Phi) is 3.90.